The van der Waals surface area contributed by atoms with Crippen LogP contribution in [-0.4, -0.2) is 25.1 Å². The number of urea groups is 1. The average molecular weight is 369 g/mol. The molecule has 2 aromatic carbocycles. The number of anilines is 2. The minimum atomic E-state index is -0.381. The third-order valence-corrected chi connectivity index (χ3v) is 5.07. The first kappa shape index (κ1) is 16.8. The number of carbonyl (C=O) groups is 2. The lowest BCUT2D eigenvalue weighted by atomic mass is 10.2. The molecule has 4 rings (SSSR count). The molecule has 0 aromatic heterocycles. The van der Waals surface area contributed by atoms with Crippen molar-refractivity contribution in [3.05, 3.63) is 48.5 Å². The summed E-state index contributed by atoms with van der Waals surface area (Å²) in [6.07, 6.45) is 2.55. The number of rotatable bonds is 7. The normalized spacial score (nSPS) is 16.5. The van der Waals surface area contributed by atoms with Crippen molar-refractivity contribution in [3.8, 4) is 5.75 Å². The van der Waals surface area contributed by atoms with Gasteiger partial charge in [0.15, 0.2) is 0 Å². The van der Waals surface area contributed by atoms with Crippen LogP contribution in [0.25, 0.3) is 0 Å². The summed E-state index contributed by atoms with van der Waals surface area (Å²) in [4.78, 5) is 25.4. The molecule has 6 nitrogen and oxygen atoms in total. The topological polar surface area (TPSA) is 70.7 Å². The van der Waals surface area contributed by atoms with Crippen LogP contribution in [0.1, 0.15) is 12.8 Å². The molecule has 1 aliphatic heterocycles. The highest BCUT2D eigenvalue weighted by Gasteiger charge is 2.27. The van der Waals surface area contributed by atoms with Crippen molar-refractivity contribution in [2.24, 2.45) is 5.92 Å². The molecule has 2 aromatic rings. The predicted molar refractivity (Wildman–Crippen MR) is 101 cm³/mol. The summed E-state index contributed by atoms with van der Waals surface area (Å²) in [5, 5.41) is 2.27. The molecule has 7 heteroatoms. The van der Waals surface area contributed by atoms with Crippen molar-refractivity contribution >= 4 is 35.3 Å². The Labute approximate surface area is 156 Å². The van der Waals surface area contributed by atoms with Gasteiger partial charge in [-0.15, -0.1) is 0 Å². The summed E-state index contributed by atoms with van der Waals surface area (Å²) < 4.78 is 9.08. The molecule has 2 fully saturated rings. The SMILES string of the molecule is O=C1CN(c2ccc(NSc3cccc(OCC4CC4)c3)cc2)C(=O)N1. The molecular weight excluding hydrogens is 350 g/mol. The maximum Gasteiger partial charge on any atom is 0.329 e. The van der Waals surface area contributed by atoms with E-state index in [1.54, 1.807) is 0 Å². The van der Waals surface area contributed by atoms with Gasteiger partial charge in [0.1, 0.15) is 12.3 Å². The first-order valence-corrected chi connectivity index (χ1v) is 9.36. The summed E-state index contributed by atoms with van der Waals surface area (Å²) in [6.45, 7) is 0.865. The maximum atomic E-state index is 11.7. The van der Waals surface area contributed by atoms with Crippen LogP contribution in [0.4, 0.5) is 16.2 Å². The molecule has 0 spiro atoms. The number of nitrogens with zero attached hydrogens (tertiary/aromatic N) is 1. The van der Waals surface area contributed by atoms with Gasteiger partial charge in [0.25, 0.3) is 0 Å². The quantitative estimate of drug-likeness (QED) is 0.576. The number of hydrogen-bond donors (Lipinski definition) is 2. The highest BCUT2D eigenvalue weighted by Crippen LogP contribution is 2.31. The lowest BCUT2D eigenvalue weighted by molar-refractivity contribution is -0.117. The van der Waals surface area contributed by atoms with E-state index in [4.69, 9.17) is 4.74 Å². The Bertz CT molecular complexity index is 821. The van der Waals surface area contributed by atoms with Gasteiger partial charge in [-0.1, -0.05) is 6.07 Å². The van der Waals surface area contributed by atoms with Crippen LogP contribution < -0.4 is 19.7 Å². The standard InChI is InChI=1S/C19H19N3O3S/c23-18-11-22(19(24)20-18)15-8-6-14(7-9-15)21-26-17-3-1-2-16(10-17)25-12-13-4-5-13/h1-3,6-10,13,21H,4-5,11-12H2,(H,20,23,24). The van der Waals surface area contributed by atoms with Gasteiger partial charge in [-0.25, -0.2) is 4.79 Å². The van der Waals surface area contributed by atoms with E-state index >= 15 is 0 Å². The fourth-order valence-corrected chi connectivity index (χ4v) is 3.30. The Morgan fingerprint density at radius 3 is 2.65 bits per heavy atom. The van der Waals surface area contributed by atoms with Gasteiger partial charge >= 0.3 is 6.03 Å². The van der Waals surface area contributed by atoms with E-state index in [9.17, 15) is 9.59 Å². The zero-order chi connectivity index (χ0) is 17.9. The molecule has 0 bridgehead atoms. The van der Waals surface area contributed by atoms with Crippen LogP contribution in [0.2, 0.25) is 0 Å². The van der Waals surface area contributed by atoms with Gasteiger partial charge in [0, 0.05) is 16.3 Å². The minimum absolute atomic E-state index is 0.0635. The van der Waals surface area contributed by atoms with E-state index in [0.717, 1.165) is 28.9 Å². The zero-order valence-electron chi connectivity index (χ0n) is 14.1. The second-order valence-electron chi connectivity index (χ2n) is 6.42. The highest BCUT2D eigenvalue weighted by atomic mass is 32.2. The van der Waals surface area contributed by atoms with Crippen molar-refractivity contribution in [2.75, 3.05) is 22.8 Å². The second kappa shape index (κ2) is 7.29. The molecule has 1 aliphatic carbocycles. The molecule has 1 saturated carbocycles. The van der Waals surface area contributed by atoms with Crippen LogP contribution in [0.15, 0.2) is 53.4 Å². The van der Waals surface area contributed by atoms with Gasteiger partial charge in [-0.3, -0.25) is 15.0 Å². The second-order valence-corrected chi connectivity index (χ2v) is 7.30. The van der Waals surface area contributed by atoms with E-state index < -0.39 is 0 Å². The van der Waals surface area contributed by atoms with Gasteiger partial charge in [-0.05, 0) is 73.2 Å². The van der Waals surface area contributed by atoms with Crippen LogP contribution in [0.5, 0.6) is 5.75 Å². The van der Waals surface area contributed by atoms with Gasteiger partial charge < -0.3 is 9.46 Å². The number of carbonyl (C=O) groups excluding carboxylic acids is 2. The molecular formula is C19H19N3O3S. The monoisotopic (exact) mass is 369 g/mol. The summed E-state index contributed by atoms with van der Waals surface area (Å²) in [7, 11) is 0. The fourth-order valence-electron chi connectivity index (χ4n) is 2.60. The minimum Gasteiger partial charge on any atom is -0.493 e. The number of imide groups is 1. The van der Waals surface area contributed by atoms with E-state index in [1.807, 2.05) is 48.5 Å². The maximum absolute atomic E-state index is 11.7. The molecule has 2 N–H and O–H groups in total. The number of nitrogens with one attached hydrogen (secondary N) is 2. The molecule has 2 aliphatic rings. The molecule has 0 unspecified atom stereocenters. The Kier molecular flexibility index (Phi) is 4.71. The molecule has 134 valence electrons. The largest absolute Gasteiger partial charge is 0.493 e. The molecule has 26 heavy (non-hydrogen) atoms. The van der Waals surface area contributed by atoms with E-state index in [-0.39, 0.29) is 18.5 Å². The van der Waals surface area contributed by atoms with E-state index in [0.29, 0.717) is 5.69 Å². The summed E-state index contributed by atoms with van der Waals surface area (Å²) >= 11 is 1.50. The van der Waals surface area contributed by atoms with Crippen LogP contribution in [0, 0.1) is 5.92 Å². The Morgan fingerprint density at radius 2 is 1.96 bits per heavy atom. The Morgan fingerprint density at radius 1 is 1.15 bits per heavy atom. The smallest absolute Gasteiger partial charge is 0.329 e. The van der Waals surface area contributed by atoms with Crippen LogP contribution in [0.3, 0.4) is 0 Å². The van der Waals surface area contributed by atoms with E-state index in [2.05, 4.69) is 10.0 Å². The van der Waals surface area contributed by atoms with Gasteiger partial charge in [-0.2, -0.15) is 0 Å². The lowest BCUT2D eigenvalue weighted by Crippen LogP contribution is -2.27. The molecule has 0 atom stereocenters. The van der Waals surface area contributed by atoms with Gasteiger partial charge in [0.05, 0.1) is 6.61 Å². The first-order chi connectivity index (χ1) is 12.7. The third-order valence-electron chi connectivity index (χ3n) is 4.25. The third kappa shape index (κ3) is 4.11. The van der Waals surface area contributed by atoms with E-state index in [1.165, 1.54) is 29.7 Å². The Balaban J connectivity index is 1.33. The zero-order valence-corrected chi connectivity index (χ0v) is 14.9. The van der Waals surface area contributed by atoms with Crippen LogP contribution >= 0.6 is 11.9 Å². The van der Waals surface area contributed by atoms with Crippen molar-refractivity contribution in [1.29, 1.82) is 0 Å². The van der Waals surface area contributed by atoms with Crippen LogP contribution in [-0.2, 0) is 4.79 Å². The average Bonchev–Trinajstić information content (AvgIpc) is 3.42. The van der Waals surface area contributed by atoms with Crippen molar-refractivity contribution in [2.45, 2.75) is 17.7 Å². The summed E-state index contributed by atoms with van der Waals surface area (Å²) in [5.41, 5.74) is 1.60. The number of ether oxygens (including phenoxy) is 1. The van der Waals surface area contributed by atoms with Crippen molar-refractivity contribution in [1.82, 2.24) is 5.32 Å². The summed E-state index contributed by atoms with van der Waals surface area (Å²) in [5.74, 6) is 1.34. The fraction of sp³-hybridized carbons (Fsp3) is 0.263. The first-order valence-electron chi connectivity index (χ1n) is 8.54. The van der Waals surface area contributed by atoms with Crippen molar-refractivity contribution < 1.29 is 14.3 Å². The van der Waals surface area contributed by atoms with Crippen molar-refractivity contribution in [3.63, 3.8) is 0 Å². The molecule has 1 saturated heterocycles. The number of amides is 3. The summed E-state index contributed by atoms with van der Waals surface area (Å²) in [6, 6.07) is 15.0. The molecule has 3 amide bonds. The lowest BCUT2D eigenvalue weighted by Gasteiger charge is -2.14. The Hall–Kier alpha value is -2.67. The predicted octanol–water partition coefficient (Wildman–Crippen LogP) is 3.65. The molecule has 0 radical (unpaired) electrons. The van der Waals surface area contributed by atoms with Gasteiger partial charge in [0.2, 0.25) is 5.91 Å². The number of hydrogen-bond acceptors (Lipinski definition) is 5. The number of benzene rings is 2. The molecule has 1 heterocycles. The highest BCUT2D eigenvalue weighted by molar-refractivity contribution is 8.00.